The Hall–Kier alpha value is -1.89. The van der Waals surface area contributed by atoms with Gasteiger partial charge in [0, 0.05) is 15.2 Å². The van der Waals surface area contributed by atoms with Gasteiger partial charge in [-0.1, -0.05) is 23.2 Å². The van der Waals surface area contributed by atoms with Crippen LogP contribution in [0.4, 0.5) is 11.8 Å². The number of aromatic nitrogens is 2. The Kier molecular flexibility index (Phi) is 3.90. The zero-order chi connectivity index (χ0) is 15.9. The van der Waals surface area contributed by atoms with Gasteiger partial charge in [0.05, 0.1) is 26.4 Å². The first-order valence-electron chi connectivity index (χ1n) is 6.15. The molecule has 0 saturated carbocycles. The number of nitrogen functional groups attached to an aromatic ring is 2. The average molecular weight is 353 g/mol. The Morgan fingerprint density at radius 3 is 2.32 bits per heavy atom. The van der Waals surface area contributed by atoms with Gasteiger partial charge < -0.3 is 11.5 Å². The van der Waals surface area contributed by atoms with E-state index in [9.17, 15) is 4.21 Å². The molecule has 8 heteroatoms. The van der Waals surface area contributed by atoms with Crippen molar-refractivity contribution in [3.8, 4) is 0 Å². The van der Waals surface area contributed by atoms with Crippen LogP contribution in [0, 0.1) is 0 Å². The first kappa shape index (κ1) is 15.0. The smallest absolute Gasteiger partial charge is 0.222 e. The number of hydrogen-bond acceptors (Lipinski definition) is 5. The molecule has 3 aromatic rings. The number of fused-ring (bicyclic) bond motifs is 1. The highest BCUT2D eigenvalue weighted by atomic mass is 35.5. The minimum atomic E-state index is -1.42. The highest BCUT2D eigenvalue weighted by molar-refractivity contribution is 7.85. The fraction of sp³-hybridized carbons (Fsp3) is 0. The van der Waals surface area contributed by atoms with Crippen LogP contribution in [-0.2, 0) is 10.8 Å². The van der Waals surface area contributed by atoms with E-state index in [2.05, 4.69) is 9.97 Å². The van der Waals surface area contributed by atoms with Crippen LogP contribution >= 0.6 is 23.2 Å². The molecule has 0 fully saturated rings. The van der Waals surface area contributed by atoms with Crippen molar-refractivity contribution in [3.63, 3.8) is 0 Å². The standard InChI is InChI=1S/C14H10Cl2N4OS/c15-10-3-1-8(6-11(10)16)22(21)7-2-4-12-9(5-7)13(17)20-14(18)19-12/h1-6H,(H4,17,18,19,20)/t22-/m1/s1. The predicted molar refractivity (Wildman–Crippen MR) is 89.5 cm³/mol. The molecule has 22 heavy (non-hydrogen) atoms. The van der Waals surface area contributed by atoms with Crippen LogP contribution in [0.1, 0.15) is 0 Å². The Bertz CT molecular complexity index is 917. The first-order chi connectivity index (χ1) is 10.5. The number of halogens is 2. The van der Waals surface area contributed by atoms with Gasteiger partial charge in [-0.3, -0.25) is 0 Å². The minimum absolute atomic E-state index is 0.100. The zero-order valence-electron chi connectivity index (χ0n) is 11.1. The van der Waals surface area contributed by atoms with Crippen LogP contribution in [0.5, 0.6) is 0 Å². The van der Waals surface area contributed by atoms with Gasteiger partial charge in [-0.25, -0.2) is 9.19 Å². The monoisotopic (exact) mass is 352 g/mol. The van der Waals surface area contributed by atoms with Gasteiger partial charge >= 0.3 is 0 Å². The van der Waals surface area contributed by atoms with Gasteiger partial charge in [-0.15, -0.1) is 0 Å². The maximum Gasteiger partial charge on any atom is 0.222 e. The van der Waals surface area contributed by atoms with Crippen LogP contribution in [0.15, 0.2) is 46.2 Å². The minimum Gasteiger partial charge on any atom is -0.383 e. The summed E-state index contributed by atoms with van der Waals surface area (Å²) in [7, 11) is -1.42. The van der Waals surface area contributed by atoms with Gasteiger partial charge in [0.1, 0.15) is 5.82 Å². The molecule has 0 unspecified atom stereocenters. The first-order valence-corrected chi connectivity index (χ1v) is 8.06. The van der Waals surface area contributed by atoms with Gasteiger partial charge in [-0.05, 0) is 36.4 Å². The quantitative estimate of drug-likeness (QED) is 0.737. The van der Waals surface area contributed by atoms with Gasteiger partial charge in [0.2, 0.25) is 5.95 Å². The van der Waals surface area contributed by atoms with E-state index in [4.69, 9.17) is 34.7 Å². The molecule has 3 rings (SSSR count). The second kappa shape index (κ2) is 5.72. The molecule has 2 aromatic carbocycles. The molecule has 0 radical (unpaired) electrons. The third-order valence-corrected chi connectivity index (χ3v) is 5.14. The lowest BCUT2D eigenvalue weighted by Gasteiger charge is -2.07. The maximum atomic E-state index is 12.6. The Labute approximate surface area is 138 Å². The van der Waals surface area contributed by atoms with E-state index in [1.165, 1.54) is 0 Å². The van der Waals surface area contributed by atoms with E-state index < -0.39 is 10.8 Å². The van der Waals surface area contributed by atoms with Crippen molar-refractivity contribution in [2.24, 2.45) is 0 Å². The number of benzene rings is 2. The molecule has 112 valence electrons. The SMILES string of the molecule is Nc1nc(N)c2cc([S@@](=O)c3ccc(Cl)c(Cl)c3)ccc2n1. The second-order valence-electron chi connectivity index (χ2n) is 4.49. The number of rotatable bonds is 2. The molecular formula is C14H10Cl2N4OS. The summed E-state index contributed by atoms with van der Waals surface area (Å²) in [6.45, 7) is 0. The lowest BCUT2D eigenvalue weighted by molar-refractivity contribution is 0.683. The second-order valence-corrected chi connectivity index (χ2v) is 6.79. The normalized spacial score (nSPS) is 12.5. The molecule has 4 N–H and O–H groups in total. The van der Waals surface area contributed by atoms with E-state index in [-0.39, 0.29) is 11.8 Å². The summed E-state index contributed by atoms with van der Waals surface area (Å²) in [5.41, 5.74) is 12.0. The summed E-state index contributed by atoms with van der Waals surface area (Å²) in [4.78, 5) is 9.10. The lowest BCUT2D eigenvalue weighted by Crippen LogP contribution is -2.01. The predicted octanol–water partition coefficient (Wildman–Crippen LogP) is 3.27. The summed E-state index contributed by atoms with van der Waals surface area (Å²) >= 11 is 11.8. The van der Waals surface area contributed by atoms with E-state index in [1.54, 1.807) is 36.4 Å². The molecule has 1 aromatic heterocycles. The summed E-state index contributed by atoms with van der Waals surface area (Å²) in [6.07, 6.45) is 0. The van der Waals surface area contributed by atoms with Gasteiger partial charge in [-0.2, -0.15) is 4.98 Å². The average Bonchev–Trinajstić information content (AvgIpc) is 2.49. The van der Waals surface area contributed by atoms with Crippen molar-refractivity contribution in [2.75, 3.05) is 11.5 Å². The number of nitrogens with zero attached hydrogens (tertiary/aromatic N) is 2. The summed E-state index contributed by atoms with van der Waals surface area (Å²) < 4.78 is 12.6. The van der Waals surface area contributed by atoms with Gasteiger partial charge in [0.25, 0.3) is 0 Å². The van der Waals surface area contributed by atoms with Gasteiger partial charge in [0.15, 0.2) is 0 Å². The third-order valence-electron chi connectivity index (χ3n) is 3.03. The molecule has 0 aliphatic carbocycles. The largest absolute Gasteiger partial charge is 0.383 e. The van der Waals surface area contributed by atoms with Crippen LogP contribution < -0.4 is 11.5 Å². The van der Waals surface area contributed by atoms with Crippen molar-refractivity contribution in [2.45, 2.75) is 9.79 Å². The molecule has 0 saturated heterocycles. The molecule has 0 amide bonds. The molecule has 0 spiro atoms. The van der Waals surface area contributed by atoms with Crippen LogP contribution in [0.25, 0.3) is 10.9 Å². The lowest BCUT2D eigenvalue weighted by atomic mass is 10.2. The number of nitrogens with two attached hydrogens (primary N) is 2. The van der Waals surface area contributed by atoms with E-state index in [1.807, 2.05) is 0 Å². The fourth-order valence-corrected chi connectivity index (χ4v) is 3.46. The van der Waals surface area contributed by atoms with E-state index in [0.29, 0.717) is 30.7 Å². The molecule has 1 heterocycles. The molecule has 1 atom stereocenters. The van der Waals surface area contributed by atoms with E-state index >= 15 is 0 Å². The summed E-state index contributed by atoms with van der Waals surface area (Å²) in [6, 6.07) is 9.94. The maximum absolute atomic E-state index is 12.6. The van der Waals surface area contributed by atoms with Crippen LogP contribution in [0.3, 0.4) is 0 Å². The molecule has 0 bridgehead atoms. The van der Waals surface area contributed by atoms with Crippen molar-refractivity contribution >= 4 is 56.7 Å². The molecule has 0 aliphatic rings. The Balaban J connectivity index is 2.09. The van der Waals surface area contributed by atoms with Crippen LogP contribution in [0.2, 0.25) is 10.0 Å². The van der Waals surface area contributed by atoms with Crippen molar-refractivity contribution < 1.29 is 4.21 Å². The van der Waals surface area contributed by atoms with Crippen molar-refractivity contribution in [1.82, 2.24) is 9.97 Å². The summed E-state index contributed by atoms with van der Waals surface area (Å²) in [5.74, 6) is 0.346. The van der Waals surface area contributed by atoms with Crippen molar-refractivity contribution in [1.29, 1.82) is 0 Å². The number of anilines is 2. The molecular weight excluding hydrogens is 343 g/mol. The third kappa shape index (κ3) is 2.72. The Morgan fingerprint density at radius 2 is 1.59 bits per heavy atom. The highest BCUT2D eigenvalue weighted by Gasteiger charge is 2.12. The topological polar surface area (TPSA) is 94.9 Å². The molecule has 5 nitrogen and oxygen atoms in total. The summed E-state index contributed by atoms with van der Waals surface area (Å²) in [5, 5.41) is 1.36. The number of hydrogen-bond donors (Lipinski definition) is 2. The fourth-order valence-electron chi connectivity index (χ4n) is 1.99. The van der Waals surface area contributed by atoms with E-state index in [0.717, 1.165) is 0 Å². The molecule has 0 aliphatic heterocycles. The van der Waals surface area contributed by atoms with Crippen LogP contribution in [-0.4, -0.2) is 14.2 Å². The van der Waals surface area contributed by atoms with Crippen molar-refractivity contribution in [3.05, 3.63) is 46.4 Å². The zero-order valence-corrected chi connectivity index (χ0v) is 13.4. The highest BCUT2D eigenvalue weighted by Crippen LogP contribution is 2.28. The Morgan fingerprint density at radius 1 is 0.909 bits per heavy atom.